The number of rotatable bonds is 4. The molecule has 5 heteroatoms. The first kappa shape index (κ1) is 16.6. The Bertz CT molecular complexity index is 584. The smallest absolute Gasteiger partial charge is 0.223 e. The Labute approximate surface area is 143 Å². The van der Waals surface area contributed by atoms with Crippen LogP contribution in [0.1, 0.15) is 30.4 Å². The third kappa shape index (κ3) is 3.33. The van der Waals surface area contributed by atoms with E-state index in [0.29, 0.717) is 5.41 Å². The third-order valence-electron chi connectivity index (χ3n) is 5.57. The molecule has 0 radical (unpaired) electrons. The van der Waals surface area contributed by atoms with E-state index in [4.69, 9.17) is 4.74 Å². The SMILES string of the molecule is Cl.O=C(NCCc1ccc2c(c1)CCO2)C1CC12CCNCC2. The van der Waals surface area contributed by atoms with Gasteiger partial charge in [0.05, 0.1) is 6.61 Å². The van der Waals surface area contributed by atoms with Gasteiger partial charge in [0.1, 0.15) is 5.75 Å². The number of hydrogen-bond donors (Lipinski definition) is 2. The standard InChI is InChI=1S/C18H24N2O2.ClH/c21-17(15-12-18(15)5-8-19-9-6-18)20-7-3-13-1-2-16-14(11-13)4-10-22-16;/h1-2,11,15,19H,3-10,12H2,(H,20,21);1H. The van der Waals surface area contributed by atoms with Gasteiger partial charge in [0, 0.05) is 18.9 Å². The monoisotopic (exact) mass is 336 g/mol. The van der Waals surface area contributed by atoms with Gasteiger partial charge in [0.15, 0.2) is 0 Å². The molecule has 1 aromatic rings. The molecule has 2 N–H and O–H groups in total. The van der Waals surface area contributed by atoms with E-state index in [1.54, 1.807) is 0 Å². The molecule has 2 fully saturated rings. The lowest BCUT2D eigenvalue weighted by atomic mass is 9.92. The molecule has 126 valence electrons. The van der Waals surface area contributed by atoms with Crippen LogP contribution in [0.3, 0.4) is 0 Å². The molecule has 23 heavy (non-hydrogen) atoms. The number of amides is 1. The lowest BCUT2D eigenvalue weighted by Gasteiger charge is -2.23. The maximum Gasteiger partial charge on any atom is 0.223 e. The highest BCUT2D eigenvalue weighted by Gasteiger charge is 2.57. The molecule has 3 aliphatic rings. The second-order valence-electron chi connectivity index (χ2n) is 6.95. The van der Waals surface area contributed by atoms with Crippen molar-refractivity contribution in [3.8, 4) is 5.75 Å². The molecular formula is C18H25ClN2O2. The average Bonchev–Trinajstić information content (AvgIpc) is 3.03. The number of carbonyl (C=O) groups is 1. The van der Waals surface area contributed by atoms with E-state index < -0.39 is 0 Å². The quantitative estimate of drug-likeness (QED) is 0.885. The molecule has 1 spiro atoms. The highest BCUT2D eigenvalue weighted by atomic mass is 35.5. The van der Waals surface area contributed by atoms with Gasteiger partial charge in [-0.2, -0.15) is 0 Å². The Kier molecular flexibility index (Phi) is 4.83. The van der Waals surface area contributed by atoms with Crippen molar-refractivity contribution in [1.29, 1.82) is 0 Å². The van der Waals surface area contributed by atoms with Crippen LogP contribution in [0.15, 0.2) is 18.2 Å². The van der Waals surface area contributed by atoms with Gasteiger partial charge in [-0.25, -0.2) is 0 Å². The predicted octanol–water partition coefficient (Wildman–Crippen LogP) is 2.09. The van der Waals surface area contributed by atoms with E-state index in [1.807, 2.05) is 0 Å². The molecule has 1 amide bonds. The highest BCUT2D eigenvalue weighted by molar-refractivity contribution is 5.85. The Hall–Kier alpha value is -1.26. The van der Waals surface area contributed by atoms with Gasteiger partial charge in [0.2, 0.25) is 5.91 Å². The van der Waals surface area contributed by atoms with Gasteiger partial charge in [0.25, 0.3) is 0 Å². The van der Waals surface area contributed by atoms with Crippen molar-refractivity contribution in [3.63, 3.8) is 0 Å². The molecule has 2 heterocycles. The first-order valence-corrected chi connectivity index (χ1v) is 8.50. The summed E-state index contributed by atoms with van der Waals surface area (Å²) in [4.78, 5) is 12.3. The van der Waals surface area contributed by atoms with Crippen LogP contribution < -0.4 is 15.4 Å². The number of piperidine rings is 1. The normalized spacial score (nSPS) is 23.6. The van der Waals surface area contributed by atoms with E-state index in [9.17, 15) is 4.79 Å². The van der Waals surface area contributed by atoms with Crippen LogP contribution in [0, 0.1) is 11.3 Å². The van der Waals surface area contributed by atoms with Crippen LogP contribution in [-0.4, -0.2) is 32.1 Å². The summed E-state index contributed by atoms with van der Waals surface area (Å²) >= 11 is 0. The molecule has 1 aliphatic carbocycles. The van der Waals surface area contributed by atoms with Crippen LogP contribution in [0.5, 0.6) is 5.75 Å². The van der Waals surface area contributed by atoms with E-state index in [0.717, 1.165) is 64.1 Å². The topological polar surface area (TPSA) is 50.4 Å². The molecule has 1 unspecified atom stereocenters. The molecule has 0 bridgehead atoms. The molecule has 2 aliphatic heterocycles. The minimum Gasteiger partial charge on any atom is -0.493 e. The van der Waals surface area contributed by atoms with Gasteiger partial charge in [-0.15, -0.1) is 12.4 Å². The summed E-state index contributed by atoms with van der Waals surface area (Å²) in [5.74, 6) is 1.56. The second-order valence-corrected chi connectivity index (χ2v) is 6.95. The summed E-state index contributed by atoms with van der Waals surface area (Å²) in [5.41, 5.74) is 2.93. The summed E-state index contributed by atoms with van der Waals surface area (Å²) in [5, 5.41) is 6.52. The number of halogens is 1. The van der Waals surface area contributed by atoms with Crippen molar-refractivity contribution in [1.82, 2.24) is 10.6 Å². The molecule has 0 aromatic heterocycles. The number of benzene rings is 1. The Morgan fingerprint density at radius 3 is 3.00 bits per heavy atom. The van der Waals surface area contributed by atoms with Gasteiger partial charge in [-0.3, -0.25) is 4.79 Å². The highest BCUT2D eigenvalue weighted by Crippen LogP contribution is 2.58. The molecule has 1 saturated carbocycles. The fourth-order valence-corrected chi connectivity index (χ4v) is 4.04. The zero-order chi connectivity index (χ0) is 15.0. The Morgan fingerprint density at radius 1 is 1.35 bits per heavy atom. The maximum atomic E-state index is 12.3. The number of fused-ring (bicyclic) bond motifs is 1. The van der Waals surface area contributed by atoms with Crippen LogP contribution in [0.4, 0.5) is 0 Å². The number of carbonyl (C=O) groups excluding carboxylic acids is 1. The van der Waals surface area contributed by atoms with Crippen LogP contribution in [-0.2, 0) is 17.6 Å². The molecule has 1 saturated heterocycles. The van der Waals surface area contributed by atoms with Gasteiger partial charge < -0.3 is 15.4 Å². The van der Waals surface area contributed by atoms with Gasteiger partial charge in [-0.05, 0) is 61.4 Å². The van der Waals surface area contributed by atoms with Crippen molar-refractivity contribution in [2.45, 2.75) is 32.1 Å². The summed E-state index contributed by atoms with van der Waals surface area (Å²) in [6, 6.07) is 6.39. The summed E-state index contributed by atoms with van der Waals surface area (Å²) in [6.07, 6.45) is 5.33. The number of hydrogen-bond acceptors (Lipinski definition) is 3. The fraction of sp³-hybridized carbons (Fsp3) is 0.611. The average molecular weight is 337 g/mol. The first-order chi connectivity index (χ1) is 10.8. The minimum absolute atomic E-state index is 0. The second kappa shape index (κ2) is 6.70. The van der Waals surface area contributed by atoms with Crippen molar-refractivity contribution >= 4 is 18.3 Å². The maximum absolute atomic E-state index is 12.3. The third-order valence-corrected chi connectivity index (χ3v) is 5.57. The molecule has 4 rings (SSSR count). The fourth-order valence-electron chi connectivity index (χ4n) is 4.04. The number of nitrogens with one attached hydrogen (secondary N) is 2. The summed E-state index contributed by atoms with van der Waals surface area (Å²) in [6.45, 7) is 3.68. The number of ether oxygens (including phenoxy) is 1. The van der Waals surface area contributed by atoms with Gasteiger partial charge >= 0.3 is 0 Å². The zero-order valence-corrected chi connectivity index (χ0v) is 14.2. The van der Waals surface area contributed by atoms with E-state index in [2.05, 4.69) is 28.8 Å². The Morgan fingerprint density at radius 2 is 2.17 bits per heavy atom. The van der Waals surface area contributed by atoms with Crippen LogP contribution in [0.25, 0.3) is 0 Å². The summed E-state index contributed by atoms with van der Waals surface area (Å²) in [7, 11) is 0. The van der Waals surface area contributed by atoms with Crippen molar-refractivity contribution in [3.05, 3.63) is 29.3 Å². The molecule has 1 aromatic carbocycles. The zero-order valence-electron chi connectivity index (χ0n) is 13.4. The Balaban J connectivity index is 0.00000156. The van der Waals surface area contributed by atoms with Crippen LogP contribution >= 0.6 is 12.4 Å². The molecule has 4 nitrogen and oxygen atoms in total. The van der Waals surface area contributed by atoms with Crippen molar-refractivity contribution in [2.75, 3.05) is 26.2 Å². The van der Waals surface area contributed by atoms with Crippen molar-refractivity contribution in [2.24, 2.45) is 11.3 Å². The largest absolute Gasteiger partial charge is 0.493 e. The van der Waals surface area contributed by atoms with E-state index in [-0.39, 0.29) is 24.2 Å². The van der Waals surface area contributed by atoms with E-state index >= 15 is 0 Å². The van der Waals surface area contributed by atoms with E-state index in [1.165, 1.54) is 11.1 Å². The first-order valence-electron chi connectivity index (χ1n) is 8.50. The lowest BCUT2D eigenvalue weighted by molar-refractivity contribution is -0.123. The van der Waals surface area contributed by atoms with Crippen molar-refractivity contribution < 1.29 is 9.53 Å². The summed E-state index contributed by atoms with van der Waals surface area (Å²) < 4.78 is 5.52. The van der Waals surface area contributed by atoms with Crippen LogP contribution in [0.2, 0.25) is 0 Å². The molecule has 1 atom stereocenters. The van der Waals surface area contributed by atoms with Gasteiger partial charge in [-0.1, -0.05) is 12.1 Å². The lowest BCUT2D eigenvalue weighted by Crippen LogP contribution is -2.34. The predicted molar refractivity (Wildman–Crippen MR) is 92.2 cm³/mol. The molecular weight excluding hydrogens is 312 g/mol. The minimum atomic E-state index is 0.